The van der Waals surface area contributed by atoms with Crippen LogP contribution in [-0.4, -0.2) is 21.5 Å². The van der Waals surface area contributed by atoms with Crippen LogP contribution in [-0.2, 0) is 0 Å². The van der Waals surface area contributed by atoms with Crippen molar-refractivity contribution in [2.24, 2.45) is 0 Å². The van der Waals surface area contributed by atoms with Gasteiger partial charge in [0, 0.05) is 11.1 Å². The lowest BCUT2D eigenvalue weighted by Crippen LogP contribution is -2.20. The number of nitrogens with zero attached hydrogens (tertiary/aromatic N) is 1. The van der Waals surface area contributed by atoms with Gasteiger partial charge in [-0.3, -0.25) is 9.59 Å². The van der Waals surface area contributed by atoms with E-state index in [0.717, 1.165) is 0 Å². The summed E-state index contributed by atoms with van der Waals surface area (Å²) in [6, 6.07) is 6.67. The van der Waals surface area contributed by atoms with E-state index in [-0.39, 0.29) is 28.9 Å². The highest BCUT2D eigenvalue weighted by atomic mass is 16.1. The summed E-state index contributed by atoms with van der Waals surface area (Å²) in [4.78, 5) is 30.4. The van der Waals surface area contributed by atoms with Gasteiger partial charge in [0.1, 0.15) is 11.4 Å². The van der Waals surface area contributed by atoms with E-state index >= 15 is 0 Å². The van der Waals surface area contributed by atoms with Crippen LogP contribution in [0.3, 0.4) is 0 Å². The van der Waals surface area contributed by atoms with Crippen LogP contribution in [0.1, 0.15) is 32.1 Å². The molecule has 5 heteroatoms. The number of nitrogen functional groups attached to an aromatic ring is 1. The Morgan fingerprint density at radius 1 is 1.06 bits per heavy atom. The van der Waals surface area contributed by atoms with E-state index in [2.05, 4.69) is 9.97 Å². The molecule has 1 aliphatic carbocycles. The third-order valence-corrected chi connectivity index (χ3v) is 2.58. The van der Waals surface area contributed by atoms with Crippen LogP contribution in [0.4, 0.5) is 5.95 Å². The summed E-state index contributed by atoms with van der Waals surface area (Å²) in [6.45, 7) is 0. The largest absolute Gasteiger partial charge is 0.369 e. The quantitative estimate of drug-likeness (QED) is 0.577. The van der Waals surface area contributed by atoms with E-state index in [0.29, 0.717) is 11.1 Å². The van der Waals surface area contributed by atoms with Crippen LogP contribution in [0.2, 0.25) is 0 Å². The highest BCUT2D eigenvalue weighted by Gasteiger charge is 2.32. The molecule has 0 saturated carbocycles. The Bertz CT molecular complexity index is 575. The van der Waals surface area contributed by atoms with Crippen LogP contribution in [0.5, 0.6) is 0 Å². The minimum absolute atomic E-state index is 0.0829. The second-order valence-corrected chi connectivity index (χ2v) is 3.55. The van der Waals surface area contributed by atoms with Crippen LogP contribution >= 0.6 is 0 Å². The van der Waals surface area contributed by atoms with Crippen molar-refractivity contribution < 1.29 is 9.59 Å². The maximum atomic E-state index is 12.0. The number of hydrogen-bond donors (Lipinski definition) is 2. The van der Waals surface area contributed by atoms with Gasteiger partial charge in [0.2, 0.25) is 11.6 Å². The molecular formula is C11H7N3O2. The van der Waals surface area contributed by atoms with Crippen molar-refractivity contribution in [2.75, 3.05) is 5.73 Å². The molecule has 0 saturated heterocycles. The summed E-state index contributed by atoms with van der Waals surface area (Å²) < 4.78 is 0. The van der Waals surface area contributed by atoms with Crippen LogP contribution < -0.4 is 5.73 Å². The van der Waals surface area contributed by atoms with Gasteiger partial charge in [0.05, 0.1) is 0 Å². The zero-order valence-corrected chi connectivity index (χ0v) is 8.15. The van der Waals surface area contributed by atoms with Crippen LogP contribution in [0, 0.1) is 0 Å². The number of anilines is 1. The molecule has 2 aromatic rings. The molecule has 0 unspecified atom stereocenters. The Kier molecular flexibility index (Phi) is 1.54. The molecule has 1 aromatic carbocycles. The van der Waals surface area contributed by atoms with Crippen LogP contribution in [0.25, 0.3) is 0 Å². The Morgan fingerprint density at radius 2 is 1.69 bits per heavy atom. The van der Waals surface area contributed by atoms with Crippen molar-refractivity contribution in [3.63, 3.8) is 0 Å². The molecule has 0 bridgehead atoms. The zero-order chi connectivity index (χ0) is 11.3. The Labute approximate surface area is 90.3 Å². The van der Waals surface area contributed by atoms with Crippen molar-refractivity contribution in [2.45, 2.75) is 0 Å². The molecule has 5 nitrogen and oxygen atoms in total. The van der Waals surface area contributed by atoms with Gasteiger partial charge < -0.3 is 10.7 Å². The highest BCUT2D eigenvalue weighted by molar-refractivity contribution is 6.27. The molecule has 0 fully saturated rings. The lowest BCUT2D eigenvalue weighted by atomic mass is 9.90. The molecule has 3 rings (SSSR count). The first-order chi connectivity index (χ1) is 7.68. The molecule has 0 atom stereocenters. The van der Waals surface area contributed by atoms with E-state index in [9.17, 15) is 9.59 Å². The number of ketones is 2. The summed E-state index contributed by atoms with van der Waals surface area (Å²) in [6.07, 6.45) is 0. The van der Waals surface area contributed by atoms with Gasteiger partial charge in [-0.05, 0) is 0 Å². The summed E-state index contributed by atoms with van der Waals surface area (Å²) >= 11 is 0. The molecule has 0 amide bonds. The zero-order valence-electron chi connectivity index (χ0n) is 8.15. The lowest BCUT2D eigenvalue weighted by Gasteiger charge is -2.11. The van der Waals surface area contributed by atoms with Gasteiger partial charge in [-0.1, -0.05) is 24.3 Å². The summed E-state index contributed by atoms with van der Waals surface area (Å²) in [7, 11) is 0. The first kappa shape index (κ1) is 8.84. The molecule has 0 spiro atoms. The Hall–Kier alpha value is -2.43. The molecule has 0 radical (unpaired) electrons. The minimum Gasteiger partial charge on any atom is -0.369 e. The number of nitrogens with one attached hydrogen (secondary N) is 1. The third-order valence-electron chi connectivity index (χ3n) is 2.58. The maximum Gasteiger partial charge on any atom is 0.214 e. The second kappa shape index (κ2) is 2.79. The van der Waals surface area contributed by atoms with Crippen LogP contribution in [0.15, 0.2) is 24.3 Å². The van der Waals surface area contributed by atoms with Gasteiger partial charge in [-0.15, -0.1) is 0 Å². The monoisotopic (exact) mass is 213 g/mol. The number of carbonyl (C=O) groups is 2. The third kappa shape index (κ3) is 0.967. The standard InChI is InChI=1S/C11H7N3O2/c12-11-13-7-8(14-11)10(16)6-4-2-1-3-5(6)9(7)15/h1-4H,(H3,12,13,14). The predicted octanol–water partition coefficient (Wildman–Crippen LogP) is 0.767. The fourth-order valence-corrected chi connectivity index (χ4v) is 1.86. The molecule has 3 N–H and O–H groups in total. The van der Waals surface area contributed by atoms with E-state index in [1.165, 1.54) is 0 Å². The molecule has 1 aromatic heterocycles. The number of aromatic nitrogens is 2. The number of carbonyl (C=O) groups excluding carboxylic acids is 2. The van der Waals surface area contributed by atoms with E-state index in [1.807, 2.05) is 0 Å². The van der Waals surface area contributed by atoms with E-state index in [1.54, 1.807) is 24.3 Å². The maximum absolute atomic E-state index is 12.0. The number of benzene rings is 1. The Morgan fingerprint density at radius 3 is 2.38 bits per heavy atom. The smallest absolute Gasteiger partial charge is 0.214 e. The van der Waals surface area contributed by atoms with Gasteiger partial charge in [0.25, 0.3) is 0 Å². The number of aromatic amines is 1. The summed E-state index contributed by atoms with van der Waals surface area (Å²) in [5.74, 6) is -0.424. The highest BCUT2D eigenvalue weighted by Crippen LogP contribution is 2.25. The number of fused-ring (bicyclic) bond motifs is 2. The van der Waals surface area contributed by atoms with Crippen molar-refractivity contribution >= 4 is 17.5 Å². The molecule has 0 aliphatic heterocycles. The van der Waals surface area contributed by atoms with Crippen molar-refractivity contribution in [1.82, 2.24) is 9.97 Å². The number of nitrogens with two attached hydrogens (primary N) is 1. The van der Waals surface area contributed by atoms with Gasteiger partial charge in [0.15, 0.2) is 5.95 Å². The Balaban J connectivity index is 2.34. The molecule has 16 heavy (non-hydrogen) atoms. The fraction of sp³-hybridized carbons (Fsp3) is 0. The predicted molar refractivity (Wildman–Crippen MR) is 56.3 cm³/mol. The molecule has 1 heterocycles. The minimum atomic E-state index is -0.266. The van der Waals surface area contributed by atoms with E-state index < -0.39 is 0 Å². The fourth-order valence-electron chi connectivity index (χ4n) is 1.86. The SMILES string of the molecule is Nc1nc2c([nH]1)C(=O)c1ccccc1C2=O. The summed E-state index contributed by atoms with van der Waals surface area (Å²) in [5.41, 5.74) is 6.51. The summed E-state index contributed by atoms with van der Waals surface area (Å²) in [5, 5.41) is 0. The normalized spacial score (nSPS) is 13.5. The first-order valence-electron chi connectivity index (χ1n) is 4.72. The van der Waals surface area contributed by atoms with Gasteiger partial charge in [-0.25, -0.2) is 4.98 Å². The van der Waals surface area contributed by atoms with Gasteiger partial charge in [-0.2, -0.15) is 0 Å². The average molecular weight is 213 g/mol. The number of imidazole rings is 1. The number of rotatable bonds is 0. The molecular weight excluding hydrogens is 206 g/mol. The first-order valence-corrected chi connectivity index (χ1v) is 4.72. The topological polar surface area (TPSA) is 88.8 Å². The molecule has 78 valence electrons. The second-order valence-electron chi connectivity index (χ2n) is 3.55. The van der Waals surface area contributed by atoms with E-state index in [4.69, 9.17) is 5.73 Å². The lowest BCUT2D eigenvalue weighted by molar-refractivity contribution is 0.0974. The van der Waals surface area contributed by atoms with Crippen molar-refractivity contribution in [1.29, 1.82) is 0 Å². The average Bonchev–Trinajstić information content (AvgIpc) is 2.68. The van der Waals surface area contributed by atoms with Gasteiger partial charge >= 0.3 is 0 Å². The number of hydrogen-bond acceptors (Lipinski definition) is 4. The van der Waals surface area contributed by atoms with Crippen molar-refractivity contribution in [3.8, 4) is 0 Å². The van der Waals surface area contributed by atoms with Crippen molar-refractivity contribution in [3.05, 3.63) is 46.8 Å². The molecule has 1 aliphatic rings. The number of H-pyrrole nitrogens is 1.